The Balaban J connectivity index is 1.84. The predicted octanol–water partition coefficient (Wildman–Crippen LogP) is 2.26. The maximum absolute atomic E-state index is 11.9. The van der Waals surface area contributed by atoms with Crippen LogP contribution >= 0.6 is 0 Å². The molecule has 0 radical (unpaired) electrons. The van der Waals surface area contributed by atoms with Gasteiger partial charge in [-0.3, -0.25) is 4.79 Å². The lowest BCUT2D eigenvalue weighted by Gasteiger charge is -2.31. The summed E-state index contributed by atoms with van der Waals surface area (Å²) in [4.78, 5) is 11.9. The molecule has 0 aliphatic heterocycles. The number of ether oxygens (including phenoxy) is 1. The van der Waals surface area contributed by atoms with Gasteiger partial charge in [0.2, 0.25) is 0 Å². The molecule has 17 heavy (non-hydrogen) atoms. The maximum atomic E-state index is 11.9. The molecule has 0 bridgehead atoms. The van der Waals surface area contributed by atoms with Gasteiger partial charge in [-0.1, -0.05) is 26.0 Å². The first-order chi connectivity index (χ1) is 8.04. The summed E-state index contributed by atoms with van der Waals surface area (Å²) in [5.74, 6) is 1.13. The van der Waals surface area contributed by atoms with Crippen LogP contribution in [-0.4, -0.2) is 18.1 Å². The fraction of sp³-hybridized carbons (Fsp3) is 0.786. The first-order valence-electron chi connectivity index (χ1n) is 6.69. The Hall–Kier alpha value is -0.830. The van der Waals surface area contributed by atoms with Gasteiger partial charge in [-0.2, -0.15) is 0 Å². The minimum absolute atomic E-state index is 0.0248. The van der Waals surface area contributed by atoms with E-state index in [-0.39, 0.29) is 24.0 Å². The fourth-order valence-electron chi connectivity index (χ4n) is 3.12. The Kier molecular flexibility index (Phi) is 3.87. The van der Waals surface area contributed by atoms with E-state index < -0.39 is 0 Å². The van der Waals surface area contributed by atoms with Crippen LogP contribution in [0.3, 0.4) is 0 Å². The van der Waals surface area contributed by atoms with Gasteiger partial charge in [0.15, 0.2) is 0 Å². The van der Waals surface area contributed by atoms with E-state index in [2.05, 4.69) is 13.8 Å². The smallest absolute Gasteiger partial charge is 0.313 e. The fourth-order valence-corrected chi connectivity index (χ4v) is 3.12. The maximum Gasteiger partial charge on any atom is 0.313 e. The number of nitrogens with two attached hydrogens (primary N) is 1. The van der Waals surface area contributed by atoms with Crippen molar-refractivity contribution in [1.29, 1.82) is 0 Å². The van der Waals surface area contributed by atoms with E-state index in [1.54, 1.807) is 0 Å². The average molecular weight is 237 g/mol. The van der Waals surface area contributed by atoms with Crippen LogP contribution < -0.4 is 5.73 Å². The highest BCUT2D eigenvalue weighted by Crippen LogP contribution is 2.31. The SMILES string of the molecule is CC1CC(C)CC(OC(=O)C2C=CC(N)C2)C1. The number of rotatable bonds is 2. The molecule has 96 valence electrons. The average Bonchev–Trinajstić information content (AvgIpc) is 2.63. The molecular weight excluding hydrogens is 214 g/mol. The van der Waals surface area contributed by atoms with Crippen molar-refractivity contribution in [3.63, 3.8) is 0 Å². The number of carbonyl (C=O) groups excluding carboxylic acids is 1. The molecule has 3 heteroatoms. The number of carbonyl (C=O) groups is 1. The summed E-state index contributed by atoms with van der Waals surface area (Å²) >= 11 is 0. The van der Waals surface area contributed by atoms with Gasteiger partial charge in [0.1, 0.15) is 6.10 Å². The van der Waals surface area contributed by atoms with Gasteiger partial charge >= 0.3 is 5.97 Å². The highest BCUT2D eigenvalue weighted by atomic mass is 16.5. The third-order valence-electron chi connectivity index (χ3n) is 3.84. The predicted molar refractivity (Wildman–Crippen MR) is 67.3 cm³/mol. The van der Waals surface area contributed by atoms with Crippen molar-refractivity contribution in [2.24, 2.45) is 23.5 Å². The Morgan fingerprint density at radius 2 is 1.76 bits per heavy atom. The quantitative estimate of drug-likeness (QED) is 0.592. The van der Waals surface area contributed by atoms with Crippen LogP contribution in [0.1, 0.15) is 39.5 Å². The minimum atomic E-state index is -0.113. The summed E-state index contributed by atoms with van der Waals surface area (Å²) in [6.07, 6.45) is 7.89. The number of esters is 1. The summed E-state index contributed by atoms with van der Waals surface area (Å²) in [6.45, 7) is 4.48. The first kappa shape index (κ1) is 12.6. The van der Waals surface area contributed by atoms with Crippen LogP contribution in [0.4, 0.5) is 0 Å². The molecule has 0 heterocycles. The van der Waals surface area contributed by atoms with Crippen molar-refractivity contribution in [2.45, 2.75) is 51.7 Å². The second-order valence-corrected chi connectivity index (χ2v) is 5.87. The lowest BCUT2D eigenvalue weighted by molar-refractivity contribution is -0.155. The molecule has 0 amide bonds. The molecule has 0 aromatic carbocycles. The summed E-state index contributed by atoms with van der Waals surface area (Å²) in [5.41, 5.74) is 5.75. The van der Waals surface area contributed by atoms with E-state index in [0.717, 1.165) is 12.8 Å². The van der Waals surface area contributed by atoms with Gasteiger partial charge in [-0.25, -0.2) is 0 Å². The molecule has 1 fully saturated rings. The van der Waals surface area contributed by atoms with E-state index in [0.29, 0.717) is 18.3 Å². The van der Waals surface area contributed by atoms with Crippen molar-refractivity contribution >= 4 is 5.97 Å². The Labute approximate surface area is 103 Å². The molecule has 2 rings (SSSR count). The van der Waals surface area contributed by atoms with Gasteiger partial charge in [0.05, 0.1) is 5.92 Å². The van der Waals surface area contributed by atoms with Gasteiger partial charge in [-0.05, 0) is 37.5 Å². The largest absolute Gasteiger partial charge is 0.462 e. The first-order valence-corrected chi connectivity index (χ1v) is 6.69. The molecule has 3 nitrogen and oxygen atoms in total. The summed E-state index contributed by atoms with van der Waals surface area (Å²) in [7, 11) is 0. The van der Waals surface area contributed by atoms with Crippen molar-refractivity contribution in [1.82, 2.24) is 0 Å². The zero-order valence-electron chi connectivity index (χ0n) is 10.8. The molecule has 0 aromatic rings. The third kappa shape index (κ3) is 3.32. The Bertz CT molecular complexity index is 303. The van der Waals surface area contributed by atoms with E-state index >= 15 is 0 Å². The molecule has 4 atom stereocenters. The molecule has 1 saturated carbocycles. The van der Waals surface area contributed by atoms with E-state index in [9.17, 15) is 4.79 Å². The lowest BCUT2D eigenvalue weighted by Crippen LogP contribution is -2.31. The highest BCUT2D eigenvalue weighted by molar-refractivity contribution is 5.75. The zero-order chi connectivity index (χ0) is 12.4. The Morgan fingerprint density at radius 1 is 1.12 bits per heavy atom. The molecule has 0 aromatic heterocycles. The normalized spacial score (nSPS) is 41.5. The van der Waals surface area contributed by atoms with Gasteiger partial charge in [-0.15, -0.1) is 0 Å². The summed E-state index contributed by atoms with van der Waals surface area (Å²) in [6, 6.07) is 0.0248. The molecule has 2 aliphatic carbocycles. The molecule has 4 unspecified atom stereocenters. The van der Waals surface area contributed by atoms with Crippen molar-refractivity contribution < 1.29 is 9.53 Å². The molecule has 0 spiro atoms. The van der Waals surface area contributed by atoms with Crippen LogP contribution in [-0.2, 0) is 9.53 Å². The summed E-state index contributed by atoms with van der Waals surface area (Å²) in [5, 5.41) is 0. The van der Waals surface area contributed by atoms with E-state index in [1.807, 2.05) is 12.2 Å². The number of hydrogen-bond acceptors (Lipinski definition) is 3. The van der Waals surface area contributed by atoms with Crippen LogP contribution in [0.5, 0.6) is 0 Å². The van der Waals surface area contributed by atoms with E-state index in [4.69, 9.17) is 10.5 Å². The van der Waals surface area contributed by atoms with Gasteiger partial charge in [0.25, 0.3) is 0 Å². The van der Waals surface area contributed by atoms with Crippen molar-refractivity contribution in [3.8, 4) is 0 Å². The Morgan fingerprint density at radius 3 is 2.29 bits per heavy atom. The van der Waals surface area contributed by atoms with Crippen molar-refractivity contribution in [2.75, 3.05) is 0 Å². The van der Waals surface area contributed by atoms with Crippen LogP contribution in [0, 0.1) is 17.8 Å². The summed E-state index contributed by atoms with van der Waals surface area (Å²) < 4.78 is 5.62. The van der Waals surface area contributed by atoms with Crippen molar-refractivity contribution in [3.05, 3.63) is 12.2 Å². The molecule has 0 saturated heterocycles. The topological polar surface area (TPSA) is 52.3 Å². The highest BCUT2D eigenvalue weighted by Gasteiger charge is 2.30. The zero-order valence-corrected chi connectivity index (χ0v) is 10.8. The number of hydrogen-bond donors (Lipinski definition) is 1. The standard InChI is InChI=1S/C14H23NO2/c1-9-5-10(2)7-13(6-9)17-14(16)11-3-4-12(15)8-11/h3-4,9-13H,5-8,15H2,1-2H3. The third-order valence-corrected chi connectivity index (χ3v) is 3.84. The molecule has 2 N–H and O–H groups in total. The van der Waals surface area contributed by atoms with Gasteiger partial charge in [0, 0.05) is 6.04 Å². The molecular formula is C14H23NO2. The monoisotopic (exact) mass is 237 g/mol. The second kappa shape index (κ2) is 5.21. The van der Waals surface area contributed by atoms with Crippen LogP contribution in [0.2, 0.25) is 0 Å². The van der Waals surface area contributed by atoms with E-state index in [1.165, 1.54) is 6.42 Å². The van der Waals surface area contributed by atoms with Gasteiger partial charge < -0.3 is 10.5 Å². The van der Waals surface area contributed by atoms with Crippen LogP contribution in [0.25, 0.3) is 0 Å². The van der Waals surface area contributed by atoms with Crippen LogP contribution in [0.15, 0.2) is 12.2 Å². The molecule has 2 aliphatic rings. The second-order valence-electron chi connectivity index (χ2n) is 5.87. The minimum Gasteiger partial charge on any atom is -0.462 e. The lowest BCUT2D eigenvalue weighted by atomic mass is 9.82.